The topological polar surface area (TPSA) is 21.1 Å². The Labute approximate surface area is 79.3 Å². The molecular weight excluding hydrogens is 162 g/mol. The van der Waals surface area contributed by atoms with Gasteiger partial charge >= 0.3 is 0 Å². The van der Waals surface area contributed by atoms with E-state index in [0.29, 0.717) is 0 Å². The number of aryl methyl sites for hydroxylation is 1. The molecule has 0 N–H and O–H groups in total. The zero-order valence-electron chi connectivity index (χ0n) is 8.62. The van der Waals surface area contributed by atoms with E-state index in [9.17, 15) is 0 Å². The number of anilines is 1. The largest absolute Gasteiger partial charge is 0.360 e. The van der Waals surface area contributed by atoms with Crippen LogP contribution in [0.4, 0.5) is 5.82 Å². The van der Waals surface area contributed by atoms with E-state index in [1.807, 2.05) is 11.7 Å². The van der Waals surface area contributed by atoms with Crippen LogP contribution in [0.15, 0.2) is 6.07 Å². The number of aromatic nitrogens is 2. The Morgan fingerprint density at radius 1 is 1.62 bits per heavy atom. The lowest BCUT2D eigenvalue weighted by molar-refractivity contribution is 0.724. The van der Waals surface area contributed by atoms with Crippen LogP contribution in [0, 0.1) is 0 Å². The van der Waals surface area contributed by atoms with Crippen LogP contribution < -0.4 is 4.90 Å². The first kappa shape index (κ1) is 8.60. The molecule has 0 amide bonds. The fourth-order valence-electron chi connectivity index (χ4n) is 1.58. The monoisotopic (exact) mass is 179 g/mol. The first-order chi connectivity index (χ1) is 6.22. The molecule has 72 valence electrons. The molecule has 1 aliphatic rings. The van der Waals surface area contributed by atoms with Gasteiger partial charge in [-0.15, -0.1) is 0 Å². The zero-order valence-corrected chi connectivity index (χ0v) is 8.62. The highest BCUT2D eigenvalue weighted by Crippen LogP contribution is 2.40. The van der Waals surface area contributed by atoms with Gasteiger partial charge in [0.05, 0.1) is 5.69 Å². The van der Waals surface area contributed by atoms with Crippen LogP contribution in [0.5, 0.6) is 0 Å². The van der Waals surface area contributed by atoms with Gasteiger partial charge < -0.3 is 4.90 Å². The van der Waals surface area contributed by atoms with Crippen molar-refractivity contribution in [2.24, 2.45) is 7.05 Å². The normalized spacial score (nSPS) is 16.2. The molecular formula is C10H17N3. The van der Waals surface area contributed by atoms with E-state index in [1.54, 1.807) is 0 Å². The van der Waals surface area contributed by atoms with Crippen molar-refractivity contribution in [3.05, 3.63) is 11.8 Å². The molecule has 3 heteroatoms. The third-order valence-corrected chi connectivity index (χ3v) is 2.74. The molecule has 2 rings (SSSR count). The molecule has 0 radical (unpaired) electrons. The molecule has 0 spiro atoms. The van der Waals surface area contributed by atoms with Gasteiger partial charge in [-0.2, -0.15) is 5.10 Å². The van der Waals surface area contributed by atoms with Gasteiger partial charge in [-0.25, -0.2) is 0 Å². The first-order valence-electron chi connectivity index (χ1n) is 4.97. The van der Waals surface area contributed by atoms with Gasteiger partial charge in [0.1, 0.15) is 5.82 Å². The summed E-state index contributed by atoms with van der Waals surface area (Å²) in [6.07, 6.45) is 2.65. The van der Waals surface area contributed by atoms with E-state index >= 15 is 0 Å². The molecule has 0 saturated heterocycles. The first-order valence-corrected chi connectivity index (χ1v) is 4.97. The number of hydrogen-bond donors (Lipinski definition) is 0. The standard InChI is InChI=1S/C10H17N3/c1-4-12(2)10-7-9(8-5-6-8)11-13(10)3/h7-8H,4-6H2,1-3H3. The summed E-state index contributed by atoms with van der Waals surface area (Å²) >= 11 is 0. The summed E-state index contributed by atoms with van der Waals surface area (Å²) in [7, 11) is 4.13. The molecule has 0 aliphatic heterocycles. The molecule has 0 atom stereocenters. The van der Waals surface area contributed by atoms with Crippen molar-refractivity contribution < 1.29 is 0 Å². The van der Waals surface area contributed by atoms with Crippen LogP contribution >= 0.6 is 0 Å². The quantitative estimate of drug-likeness (QED) is 0.705. The molecule has 0 unspecified atom stereocenters. The summed E-state index contributed by atoms with van der Waals surface area (Å²) in [5.74, 6) is 1.98. The molecule has 3 nitrogen and oxygen atoms in total. The maximum atomic E-state index is 4.52. The van der Waals surface area contributed by atoms with E-state index in [0.717, 1.165) is 12.5 Å². The molecule has 1 heterocycles. The van der Waals surface area contributed by atoms with Gasteiger partial charge in [0.25, 0.3) is 0 Å². The fraction of sp³-hybridized carbons (Fsp3) is 0.700. The van der Waals surface area contributed by atoms with E-state index in [2.05, 4.69) is 30.0 Å². The SMILES string of the molecule is CCN(C)c1cc(C2CC2)nn1C. The highest BCUT2D eigenvalue weighted by molar-refractivity contribution is 5.41. The second kappa shape index (κ2) is 3.05. The summed E-state index contributed by atoms with van der Waals surface area (Å²) in [6.45, 7) is 3.19. The van der Waals surface area contributed by atoms with Crippen molar-refractivity contribution in [2.45, 2.75) is 25.7 Å². The van der Waals surface area contributed by atoms with Crippen LogP contribution in [0.25, 0.3) is 0 Å². The van der Waals surface area contributed by atoms with E-state index in [4.69, 9.17) is 0 Å². The number of hydrogen-bond acceptors (Lipinski definition) is 2. The van der Waals surface area contributed by atoms with Crippen molar-refractivity contribution in [1.82, 2.24) is 9.78 Å². The second-order valence-corrected chi connectivity index (χ2v) is 3.84. The van der Waals surface area contributed by atoms with Crippen LogP contribution in [-0.4, -0.2) is 23.4 Å². The van der Waals surface area contributed by atoms with Gasteiger partial charge in [0, 0.05) is 32.6 Å². The highest BCUT2D eigenvalue weighted by Gasteiger charge is 2.27. The third-order valence-electron chi connectivity index (χ3n) is 2.74. The molecule has 13 heavy (non-hydrogen) atoms. The van der Waals surface area contributed by atoms with Crippen LogP contribution in [-0.2, 0) is 7.05 Å². The molecule has 1 saturated carbocycles. The van der Waals surface area contributed by atoms with Crippen molar-refractivity contribution in [3.63, 3.8) is 0 Å². The van der Waals surface area contributed by atoms with E-state index < -0.39 is 0 Å². The lowest BCUT2D eigenvalue weighted by Crippen LogP contribution is -2.18. The maximum Gasteiger partial charge on any atom is 0.126 e. The van der Waals surface area contributed by atoms with Gasteiger partial charge in [0.2, 0.25) is 0 Å². The fourth-order valence-corrected chi connectivity index (χ4v) is 1.58. The molecule has 0 aromatic carbocycles. The van der Waals surface area contributed by atoms with Crippen molar-refractivity contribution >= 4 is 5.82 Å². The Hall–Kier alpha value is -0.990. The van der Waals surface area contributed by atoms with Crippen molar-refractivity contribution in [1.29, 1.82) is 0 Å². The molecule has 1 fully saturated rings. The Bertz CT molecular complexity index is 299. The summed E-state index contributed by atoms with van der Waals surface area (Å²) in [5, 5.41) is 4.52. The minimum Gasteiger partial charge on any atom is -0.360 e. The Morgan fingerprint density at radius 2 is 2.31 bits per heavy atom. The third kappa shape index (κ3) is 1.55. The van der Waals surface area contributed by atoms with Crippen LogP contribution in [0.3, 0.4) is 0 Å². The van der Waals surface area contributed by atoms with Crippen LogP contribution in [0.1, 0.15) is 31.4 Å². The number of rotatable bonds is 3. The van der Waals surface area contributed by atoms with Gasteiger partial charge in [0.15, 0.2) is 0 Å². The summed E-state index contributed by atoms with van der Waals surface area (Å²) in [4.78, 5) is 2.22. The van der Waals surface area contributed by atoms with E-state index in [-0.39, 0.29) is 0 Å². The minimum absolute atomic E-state index is 0.755. The summed E-state index contributed by atoms with van der Waals surface area (Å²) in [5.41, 5.74) is 1.28. The highest BCUT2D eigenvalue weighted by atomic mass is 15.4. The van der Waals surface area contributed by atoms with E-state index in [1.165, 1.54) is 24.4 Å². The Morgan fingerprint density at radius 3 is 2.85 bits per heavy atom. The van der Waals surface area contributed by atoms with Crippen LogP contribution in [0.2, 0.25) is 0 Å². The lowest BCUT2D eigenvalue weighted by atomic mass is 10.3. The lowest BCUT2D eigenvalue weighted by Gasteiger charge is -2.15. The Balaban J connectivity index is 2.24. The minimum atomic E-state index is 0.755. The molecule has 1 aliphatic carbocycles. The molecule has 0 bridgehead atoms. The van der Waals surface area contributed by atoms with Crippen molar-refractivity contribution in [2.75, 3.05) is 18.5 Å². The number of nitrogens with zero attached hydrogens (tertiary/aromatic N) is 3. The average Bonchev–Trinajstić information content (AvgIpc) is 2.89. The molecule has 1 aromatic rings. The average molecular weight is 179 g/mol. The predicted octanol–water partition coefficient (Wildman–Crippen LogP) is 1.75. The van der Waals surface area contributed by atoms with Gasteiger partial charge in [-0.05, 0) is 19.8 Å². The summed E-state index contributed by atoms with van der Waals surface area (Å²) in [6, 6.07) is 2.22. The predicted molar refractivity (Wildman–Crippen MR) is 54.1 cm³/mol. The molecule has 1 aromatic heterocycles. The summed E-state index contributed by atoms with van der Waals surface area (Å²) < 4.78 is 1.98. The smallest absolute Gasteiger partial charge is 0.126 e. The second-order valence-electron chi connectivity index (χ2n) is 3.84. The maximum absolute atomic E-state index is 4.52. The Kier molecular flexibility index (Phi) is 2.02. The van der Waals surface area contributed by atoms with Gasteiger partial charge in [-0.1, -0.05) is 0 Å². The van der Waals surface area contributed by atoms with Gasteiger partial charge in [-0.3, -0.25) is 4.68 Å². The zero-order chi connectivity index (χ0) is 9.42. The van der Waals surface area contributed by atoms with Crippen molar-refractivity contribution in [3.8, 4) is 0 Å².